The first-order valence-electron chi connectivity index (χ1n) is 13.2. The van der Waals surface area contributed by atoms with Crippen molar-refractivity contribution in [2.45, 2.75) is 52.4 Å². The summed E-state index contributed by atoms with van der Waals surface area (Å²) in [5.74, 6) is 0.544. The summed E-state index contributed by atoms with van der Waals surface area (Å²) in [6, 6.07) is 9.83. The van der Waals surface area contributed by atoms with Crippen LogP contribution in [-0.4, -0.2) is 39.5 Å². The largest absolute Gasteiger partial charge is 0.483 e. The van der Waals surface area contributed by atoms with Crippen molar-refractivity contribution in [1.82, 2.24) is 14.8 Å². The topological polar surface area (TPSA) is 95.3 Å². The lowest BCUT2D eigenvalue weighted by molar-refractivity contribution is -0.113. The first-order chi connectivity index (χ1) is 20.0. The molecular weight excluding hydrogens is 592 g/mol. The third kappa shape index (κ3) is 6.88. The van der Waals surface area contributed by atoms with Crippen molar-refractivity contribution in [1.29, 1.82) is 0 Å². The van der Waals surface area contributed by atoms with Gasteiger partial charge in [0.1, 0.15) is 16.3 Å². The van der Waals surface area contributed by atoms with Gasteiger partial charge >= 0.3 is 5.97 Å². The van der Waals surface area contributed by atoms with Gasteiger partial charge in [0.05, 0.1) is 12.9 Å². The van der Waals surface area contributed by atoms with Gasteiger partial charge in [-0.2, -0.15) is 0 Å². The highest BCUT2D eigenvalue weighted by Gasteiger charge is 2.24. The van der Waals surface area contributed by atoms with Crippen LogP contribution in [0.4, 0.5) is 5.00 Å². The average Bonchev–Trinajstić information content (AvgIpc) is 3.55. The second-order valence-corrected chi connectivity index (χ2v) is 12.1. The minimum absolute atomic E-state index is 0.0530. The Kier molecular flexibility index (Phi) is 10.1. The van der Waals surface area contributed by atoms with Crippen molar-refractivity contribution in [2.24, 2.45) is 0 Å². The summed E-state index contributed by atoms with van der Waals surface area (Å²) in [6.45, 7) is 14.0. The minimum Gasteiger partial charge on any atom is -0.483 e. The number of anilines is 1. The quantitative estimate of drug-likeness (QED) is 0.104. The summed E-state index contributed by atoms with van der Waals surface area (Å²) in [7, 11) is 1.33. The molecule has 2 heterocycles. The molecule has 2 aromatic carbocycles. The van der Waals surface area contributed by atoms with Gasteiger partial charge in [-0.25, -0.2) is 4.79 Å². The van der Waals surface area contributed by atoms with E-state index in [0.29, 0.717) is 38.9 Å². The number of halogens is 1. The number of allylic oxidation sites excluding steroid dienone is 1. The number of rotatable bonds is 11. The predicted octanol–water partition coefficient (Wildman–Crippen LogP) is 7.74. The number of amides is 1. The van der Waals surface area contributed by atoms with Crippen LogP contribution in [-0.2, 0) is 16.1 Å². The van der Waals surface area contributed by atoms with Crippen LogP contribution < -0.4 is 10.1 Å². The maximum absolute atomic E-state index is 13.1. The molecule has 220 valence electrons. The molecule has 1 N–H and O–H groups in total. The number of aryl methyl sites for hydroxylation is 4. The smallest absolute Gasteiger partial charge is 0.341 e. The van der Waals surface area contributed by atoms with E-state index in [4.69, 9.17) is 21.1 Å². The van der Waals surface area contributed by atoms with Crippen LogP contribution >= 0.6 is 34.7 Å². The zero-order chi connectivity index (χ0) is 30.6. The molecule has 1 atom stereocenters. The van der Waals surface area contributed by atoms with Gasteiger partial charge < -0.3 is 14.8 Å². The summed E-state index contributed by atoms with van der Waals surface area (Å²) in [5.41, 5.74) is 5.94. The Morgan fingerprint density at radius 1 is 1.12 bits per heavy atom. The molecule has 11 heteroatoms. The number of hydrogen-bond acceptors (Lipinski definition) is 8. The van der Waals surface area contributed by atoms with E-state index >= 15 is 0 Å². The predicted molar refractivity (Wildman–Crippen MR) is 170 cm³/mol. The van der Waals surface area contributed by atoms with E-state index in [1.165, 1.54) is 30.2 Å². The van der Waals surface area contributed by atoms with Crippen LogP contribution in [0, 0.1) is 27.7 Å². The zero-order valence-corrected chi connectivity index (χ0v) is 26.8. The zero-order valence-electron chi connectivity index (χ0n) is 24.4. The third-order valence-electron chi connectivity index (χ3n) is 6.59. The average molecular weight is 625 g/mol. The van der Waals surface area contributed by atoms with Crippen molar-refractivity contribution in [3.63, 3.8) is 0 Å². The fraction of sp³-hybridized carbons (Fsp3) is 0.290. The molecule has 1 unspecified atom stereocenters. The Morgan fingerprint density at radius 3 is 2.50 bits per heavy atom. The maximum atomic E-state index is 13.1. The Bertz CT molecular complexity index is 1620. The number of ether oxygens (including phenoxy) is 2. The second kappa shape index (κ2) is 13.6. The molecule has 0 saturated heterocycles. The number of methoxy groups -OCH3 is 1. The van der Waals surface area contributed by atoms with Crippen LogP contribution in [0.3, 0.4) is 0 Å². The first kappa shape index (κ1) is 31.3. The van der Waals surface area contributed by atoms with E-state index < -0.39 is 12.1 Å². The lowest BCUT2D eigenvalue weighted by Gasteiger charge is -2.17. The molecule has 8 nitrogen and oxygen atoms in total. The number of hydrogen-bond donors (Lipinski definition) is 1. The SMILES string of the molecule is C=CCn1c(SCC(=O)Nc2scc(-c3cc(C)ccc3C)c2C(=O)OC)nnc1C(C)Oc1cc(C)c(Cl)c(C)c1. The van der Waals surface area contributed by atoms with Crippen LogP contribution in [0.25, 0.3) is 11.1 Å². The summed E-state index contributed by atoms with van der Waals surface area (Å²) in [4.78, 5) is 25.9. The highest BCUT2D eigenvalue weighted by molar-refractivity contribution is 7.99. The molecular formula is C31H33ClN4O4S2. The number of thiophene rings is 1. The number of carbonyl (C=O) groups excluding carboxylic acids is 2. The molecule has 2 aromatic heterocycles. The summed E-state index contributed by atoms with van der Waals surface area (Å²) >= 11 is 8.83. The first-order valence-corrected chi connectivity index (χ1v) is 15.5. The standard InChI is InChI=1S/C31H33ClN4O4S2/c1-8-11-36-28(21(6)40-22-13-19(4)27(32)20(5)14-22)34-35-31(36)42-16-25(37)33-29-26(30(38)39-7)24(15-41-29)23-12-17(2)9-10-18(23)3/h8-10,12-15,21H,1,11,16H2,2-7H3,(H,33,37). The van der Waals surface area contributed by atoms with E-state index in [2.05, 4.69) is 22.1 Å². The van der Waals surface area contributed by atoms with Crippen molar-refractivity contribution < 1.29 is 19.1 Å². The molecule has 0 bridgehead atoms. The maximum Gasteiger partial charge on any atom is 0.341 e. The fourth-order valence-corrected chi connectivity index (χ4v) is 6.34. The number of benzene rings is 2. The van der Waals surface area contributed by atoms with Crippen molar-refractivity contribution in [3.05, 3.63) is 87.0 Å². The van der Waals surface area contributed by atoms with Gasteiger partial charge in [0.2, 0.25) is 5.91 Å². The molecule has 0 aliphatic heterocycles. The van der Waals surface area contributed by atoms with E-state index in [0.717, 1.165) is 33.4 Å². The molecule has 0 spiro atoms. The molecule has 0 radical (unpaired) electrons. The molecule has 0 aliphatic rings. The molecule has 1 amide bonds. The fourth-order valence-electron chi connectivity index (χ4n) is 4.51. The van der Waals surface area contributed by atoms with Gasteiger partial charge in [-0.15, -0.1) is 28.1 Å². The van der Waals surface area contributed by atoms with Crippen LogP contribution in [0.15, 0.2) is 53.5 Å². The summed E-state index contributed by atoms with van der Waals surface area (Å²) in [6.07, 6.45) is 1.32. The lowest BCUT2D eigenvalue weighted by Crippen LogP contribution is -2.17. The molecule has 0 saturated carbocycles. The number of nitrogens with one attached hydrogen (secondary N) is 1. The number of esters is 1. The minimum atomic E-state index is -0.509. The monoisotopic (exact) mass is 624 g/mol. The van der Waals surface area contributed by atoms with E-state index in [-0.39, 0.29) is 11.7 Å². The molecule has 0 aliphatic carbocycles. The Morgan fingerprint density at radius 2 is 1.83 bits per heavy atom. The Labute approximate surface area is 259 Å². The van der Waals surface area contributed by atoms with E-state index in [1.807, 2.05) is 74.9 Å². The number of aromatic nitrogens is 3. The molecule has 4 rings (SSSR count). The summed E-state index contributed by atoms with van der Waals surface area (Å²) < 4.78 is 13.1. The highest BCUT2D eigenvalue weighted by Crippen LogP contribution is 2.38. The molecule has 0 fully saturated rings. The van der Waals surface area contributed by atoms with E-state index in [1.54, 1.807) is 6.08 Å². The third-order valence-corrected chi connectivity index (χ3v) is 9.05. The number of carbonyl (C=O) groups is 2. The van der Waals surface area contributed by atoms with Crippen molar-refractivity contribution in [3.8, 4) is 16.9 Å². The van der Waals surface area contributed by atoms with Gasteiger partial charge in [-0.05, 0) is 69.0 Å². The Balaban J connectivity index is 1.50. The second-order valence-electron chi connectivity index (χ2n) is 9.87. The van der Waals surface area contributed by atoms with Gasteiger partial charge in [0.15, 0.2) is 17.1 Å². The molecule has 42 heavy (non-hydrogen) atoms. The highest BCUT2D eigenvalue weighted by atomic mass is 35.5. The van der Waals surface area contributed by atoms with Gasteiger partial charge in [0, 0.05) is 22.5 Å². The van der Waals surface area contributed by atoms with Crippen LogP contribution in [0.5, 0.6) is 5.75 Å². The normalized spacial score (nSPS) is 11.7. The van der Waals surface area contributed by atoms with Crippen LogP contribution in [0.1, 0.15) is 51.5 Å². The van der Waals surface area contributed by atoms with Crippen molar-refractivity contribution >= 4 is 51.6 Å². The van der Waals surface area contributed by atoms with Crippen LogP contribution in [0.2, 0.25) is 5.02 Å². The van der Waals surface area contributed by atoms with Gasteiger partial charge in [0.25, 0.3) is 0 Å². The van der Waals surface area contributed by atoms with Crippen molar-refractivity contribution in [2.75, 3.05) is 18.2 Å². The van der Waals surface area contributed by atoms with E-state index in [9.17, 15) is 9.59 Å². The lowest BCUT2D eigenvalue weighted by atomic mass is 9.97. The Hall–Kier alpha value is -3.60. The van der Waals surface area contributed by atoms with Gasteiger partial charge in [-0.1, -0.05) is 53.2 Å². The summed E-state index contributed by atoms with van der Waals surface area (Å²) in [5, 5.41) is 15.1. The number of thioether (sulfide) groups is 1. The molecule has 4 aromatic rings. The van der Waals surface area contributed by atoms with Gasteiger partial charge in [-0.3, -0.25) is 9.36 Å². The number of nitrogens with zero attached hydrogens (tertiary/aromatic N) is 3.